The molecule has 2 fully saturated rings. The molecule has 0 bridgehead atoms. The summed E-state index contributed by atoms with van der Waals surface area (Å²) in [6, 6.07) is 8.85. The molecule has 1 amide bonds. The normalized spacial score (nSPS) is 16.2. The molecule has 1 aliphatic carbocycles. The van der Waals surface area contributed by atoms with Crippen LogP contribution in [0.15, 0.2) is 42.9 Å². The Morgan fingerprint density at radius 3 is 2.83 bits per heavy atom. The van der Waals surface area contributed by atoms with E-state index in [1.54, 1.807) is 18.3 Å². The lowest BCUT2D eigenvalue weighted by Crippen LogP contribution is -2.49. The fourth-order valence-corrected chi connectivity index (χ4v) is 3.58. The number of nitriles is 1. The van der Waals surface area contributed by atoms with Crippen LogP contribution in [0.2, 0.25) is 0 Å². The van der Waals surface area contributed by atoms with Crippen molar-refractivity contribution < 1.29 is 9.18 Å². The summed E-state index contributed by atoms with van der Waals surface area (Å²) in [7, 11) is 0. The van der Waals surface area contributed by atoms with Gasteiger partial charge in [-0.25, -0.2) is 14.4 Å². The summed E-state index contributed by atoms with van der Waals surface area (Å²) >= 11 is 0. The zero-order chi connectivity index (χ0) is 20.7. The zero-order valence-electron chi connectivity index (χ0n) is 16.2. The summed E-state index contributed by atoms with van der Waals surface area (Å²) in [5.74, 6) is -0.510. The molecule has 150 valence electrons. The standard InChI is InChI=1S/C22H19FN6O/c23-19-8-16(1-4-18(19)22(30)28-11-15(9-24)12-28)20-5-6-25-21(27-20)7-14-10-26-29(13-14)17-2-3-17/h1,4-6,8,10,13,15,17H,2-3,7,11-12H2. The monoisotopic (exact) mass is 402 g/mol. The number of benzene rings is 1. The Morgan fingerprint density at radius 1 is 1.27 bits per heavy atom. The molecule has 0 atom stereocenters. The minimum Gasteiger partial charge on any atom is -0.336 e. The Labute approximate surface area is 172 Å². The van der Waals surface area contributed by atoms with Gasteiger partial charge in [0.15, 0.2) is 0 Å². The molecule has 0 radical (unpaired) electrons. The van der Waals surface area contributed by atoms with Crippen LogP contribution in [-0.4, -0.2) is 43.6 Å². The highest BCUT2D eigenvalue weighted by atomic mass is 19.1. The number of rotatable bonds is 5. The highest BCUT2D eigenvalue weighted by molar-refractivity contribution is 5.95. The highest BCUT2D eigenvalue weighted by Gasteiger charge is 2.32. The van der Waals surface area contributed by atoms with Gasteiger partial charge in [-0.05, 0) is 36.6 Å². The van der Waals surface area contributed by atoms with Gasteiger partial charge in [0.25, 0.3) is 5.91 Å². The smallest absolute Gasteiger partial charge is 0.256 e. The first-order valence-corrected chi connectivity index (χ1v) is 9.94. The van der Waals surface area contributed by atoms with Crippen LogP contribution in [0, 0.1) is 23.1 Å². The maximum absolute atomic E-state index is 14.7. The summed E-state index contributed by atoms with van der Waals surface area (Å²) < 4.78 is 16.6. The second-order valence-corrected chi connectivity index (χ2v) is 7.83. The van der Waals surface area contributed by atoms with Crippen molar-refractivity contribution in [2.75, 3.05) is 13.1 Å². The van der Waals surface area contributed by atoms with Gasteiger partial charge >= 0.3 is 0 Å². The first kappa shape index (κ1) is 18.4. The first-order valence-electron chi connectivity index (χ1n) is 9.94. The first-order chi connectivity index (χ1) is 14.6. The molecule has 0 N–H and O–H groups in total. The Balaban J connectivity index is 1.32. The molecule has 0 unspecified atom stereocenters. The van der Waals surface area contributed by atoms with Gasteiger partial charge in [0, 0.05) is 37.5 Å². The van der Waals surface area contributed by atoms with Crippen molar-refractivity contribution in [2.24, 2.45) is 5.92 Å². The average molecular weight is 402 g/mol. The lowest BCUT2D eigenvalue weighted by atomic mass is 10.00. The van der Waals surface area contributed by atoms with Gasteiger partial charge in [0.05, 0.1) is 35.5 Å². The molecule has 0 spiro atoms. The Bertz CT molecular complexity index is 1160. The van der Waals surface area contributed by atoms with Crippen LogP contribution < -0.4 is 0 Å². The van der Waals surface area contributed by atoms with E-state index in [2.05, 4.69) is 21.1 Å². The minimum absolute atomic E-state index is 0.0110. The number of hydrogen-bond acceptors (Lipinski definition) is 5. The van der Waals surface area contributed by atoms with Crippen molar-refractivity contribution >= 4 is 5.91 Å². The molecule has 3 aromatic rings. The second-order valence-electron chi connectivity index (χ2n) is 7.83. The molecular formula is C22H19FN6O. The van der Waals surface area contributed by atoms with Crippen molar-refractivity contribution in [3.05, 3.63) is 65.6 Å². The summed E-state index contributed by atoms with van der Waals surface area (Å²) in [4.78, 5) is 22.8. The van der Waals surface area contributed by atoms with Crippen LogP contribution >= 0.6 is 0 Å². The fraction of sp³-hybridized carbons (Fsp3) is 0.318. The highest BCUT2D eigenvalue weighted by Crippen LogP contribution is 2.34. The Morgan fingerprint density at radius 2 is 2.10 bits per heavy atom. The number of carbonyl (C=O) groups is 1. The van der Waals surface area contributed by atoms with Gasteiger partial charge in [-0.1, -0.05) is 6.07 Å². The number of carbonyl (C=O) groups excluding carboxylic acids is 1. The molecule has 5 rings (SSSR count). The van der Waals surface area contributed by atoms with E-state index in [-0.39, 0.29) is 17.4 Å². The van der Waals surface area contributed by atoms with Gasteiger partial charge < -0.3 is 4.90 Å². The van der Waals surface area contributed by atoms with E-state index in [0.29, 0.717) is 42.6 Å². The second kappa shape index (κ2) is 7.34. The largest absolute Gasteiger partial charge is 0.336 e. The van der Waals surface area contributed by atoms with E-state index in [1.807, 2.05) is 17.1 Å². The molecule has 1 saturated heterocycles. The van der Waals surface area contributed by atoms with Crippen LogP contribution in [0.1, 0.15) is 40.6 Å². The van der Waals surface area contributed by atoms with E-state index in [1.165, 1.54) is 29.9 Å². The van der Waals surface area contributed by atoms with E-state index >= 15 is 0 Å². The maximum atomic E-state index is 14.7. The van der Waals surface area contributed by atoms with E-state index in [0.717, 1.165) is 5.56 Å². The predicted molar refractivity (Wildman–Crippen MR) is 106 cm³/mol. The molecule has 1 aliphatic heterocycles. The number of amides is 1. The number of likely N-dealkylation sites (tertiary alicyclic amines) is 1. The van der Waals surface area contributed by atoms with Gasteiger partial charge in [-0.3, -0.25) is 9.48 Å². The van der Waals surface area contributed by atoms with Crippen molar-refractivity contribution in [1.82, 2.24) is 24.6 Å². The summed E-state index contributed by atoms with van der Waals surface area (Å²) in [6.45, 7) is 0.701. The van der Waals surface area contributed by atoms with Gasteiger partial charge in [-0.15, -0.1) is 0 Å². The van der Waals surface area contributed by atoms with Crippen LogP contribution in [0.5, 0.6) is 0 Å². The molecule has 1 saturated carbocycles. The lowest BCUT2D eigenvalue weighted by molar-refractivity contribution is 0.0572. The molecule has 2 aromatic heterocycles. The fourth-order valence-electron chi connectivity index (χ4n) is 3.58. The van der Waals surface area contributed by atoms with Gasteiger partial charge in [-0.2, -0.15) is 10.4 Å². The van der Waals surface area contributed by atoms with Crippen molar-refractivity contribution in [1.29, 1.82) is 5.26 Å². The van der Waals surface area contributed by atoms with Crippen LogP contribution in [0.4, 0.5) is 4.39 Å². The summed E-state index contributed by atoms with van der Waals surface area (Å²) in [6.07, 6.45) is 8.42. The molecular weight excluding hydrogens is 383 g/mol. The topological polar surface area (TPSA) is 87.7 Å². The van der Waals surface area contributed by atoms with E-state index in [4.69, 9.17) is 5.26 Å². The molecule has 30 heavy (non-hydrogen) atoms. The average Bonchev–Trinajstić information content (AvgIpc) is 3.46. The third-order valence-corrected chi connectivity index (χ3v) is 5.49. The van der Waals surface area contributed by atoms with Crippen LogP contribution in [-0.2, 0) is 6.42 Å². The third kappa shape index (κ3) is 3.54. The number of aromatic nitrogens is 4. The zero-order valence-corrected chi connectivity index (χ0v) is 16.2. The number of hydrogen-bond donors (Lipinski definition) is 0. The van der Waals surface area contributed by atoms with Crippen molar-refractivity contribution in [2.45, 2.75) is 25.3 Å². The quantitative estimate of drug-likeness (QED) is 0.655. The summed E-state index contributed by atoms with van der Waals surface area (Å²) in [5.41, 5.74) is 2.23. The van der Waals surface area contributed by atoms with Crippen LogP contribution in [0.3, 0.4) is 0 Å². The molecule has 3 heterocycles. The maximum Gasteiger partial charge on any atom is 0.256 e. The van der Waals surface area contributed by atoms with E-state index in [9.17, 15) is 9.18 Å². The molecule has 1 aromatic carbocycles. The van der Waals surface area contributed by atoms with Gasteiger partial charge in [0.1, 0.15) is 11.6 Å². The molecule has 2 aliphatic rings. The molecule has 7 nitrogen and oxygen atoms in total. The molecule has 8 heteroatoms. The predicted octanol–water partition coefficient (Wildman–Crippen LogP) is 3.00. The Kier molecular flexibility index (Phi) is 4.51. The lowest BCUT2D eigenvalue weighted by Gasteiger charge is -2.35. The van der Waals surface area contributed by atoms with Gasteiger partial charge in [0.2, 0.25) is 0 Å². The number of halogens is 1. The summed E-state index contributed by atoms with van der Waals surface area (Å²) in [5, 5.41) is 13.2. The third-order valence-electron chi connectivity index (χ3n) is 5.49. The number of nitrogens with zero attached hydrogens (tertiary/aromatic N) is 6. The van der Waals surface area contributed by atoms with Crippen LogP contribution in [0.25, 0.3) is 11.3 Å². The SMILES string of the molecule is N#CC1CN(C(=O)c2ccc(-c3ccnc(Cc4cnn(C5CC5)c4)n3)cc2F)C1. The van der Waals surface area contributed by atoms with Crippen molar-refractivity contribution in [3.8, 4) is 17.3 Å². The van der Waals surface area contributed by atoms with Crippen molar-refractivity contribution in [3.63, 3.8) is 0 Å². The van der Waals surface area contributed by atoms with E-state index < -0.39 is 5.82 Å². The minimum atomic E-state index is -0.594. The Hall–Kier alpha value is -3.60.